The number of hydrogen-bond acceptors (Lipinski definition) is 2. The zero-order chi connectivity index (χ0) is 13.0. The van der Waals surface area contributed by atoms with Gasteiger partial charge in [-0.25, -0.2) is 0 Å². The van der Waals surface area contributed by atoms with Gasteiger partial charge in [-0.2, -0.15) is 0 Å². The Kier molecular flexibility index (Phi) is 4.34. The van der Waals surface area contributed by atoms with Crippen LogP contribution in [0.5, 0.6) is 0 Å². The molecule has 0 unspecified atom stereocenters. The van der Waals surface area contributed by atoms with Gasteiger partial charge in [-0.3, -0.25) is 4.98 Å². The molecule has 0 fully saturated rings. The fourth-order valence-electron chi connectivity index (χ4n) is 1.73. The van der Waals surface area contributed by atoms with E-state index in [4.69, 9.17) is 11.6 Å². The maximum Gasteiger partial charge on any atom is 0.0542 e. The smallest absolute Gasteiger partial charge is 0.0542 e. The van der Waals surface area contributed by atoms with Gasteiger partial charge < -0.3 is 5.32 Å². The molecule has 3 heteroatoms. The highest BCUT2D eigenvalue weighted by Crippen LogP contribution is 2.16. The van der Waals surface area contributed by atoms with Crippen LogP contribution in [-0.2, 0) is 6.54 Å². The summed E-state index contributed by atoms with van der Waals surface area (Å²) in [5, 5.41) is 4.22. The predicted octanol–water partition coefficient (Wildman–Crippen LogP) is 3.89. The molecule has 2 rings (SSSR count). The van der Waals surface area contributed by atoms with Crippen molar-refractivity contribution in [2.45, 2.75) is 26.4 Å². The van der Waals surface area contributed by atoms with Crippen LogP contribution < -0.4 is 5.32 Å². The summed E-state index contributed by atoms with van der Waals surface area (Å²) in [6.45, 7) is 4.95. The Balaban J connectivity index is 1.93. The van der Waals surface area contributed by atoms with Gasteiger partial charge in [-0.05, 0) is 43.2 Å². The molecule has 2 aromatic rings. The maximum absolute atomic E-state index is 5.87. The first-order chi connectivity index (χ1) is 8.65. The Morgan fingerprint density at radius 1 is 1.17 bits per heavy atom. The fraction of sp³-hybridized carbons (Fsp3) is 0.267. The van der Waals surface area contributed by atoms with Gasteiger partial charge in [0.15, 0.2) is 0 Å². The van der Waals surface area contributed by atoms with Crippen LogP contribution in [0.3, 0.4) is 0 Å². The van der Waals surface area contributed by atoms with E-state index in [2.05, 4.69) is 29.4 Å². The minimum Gasteiger partial charge on any atom is -0.305 e. The second-order valence-corrected chi connectivity index (χ2v) is 4.92. The van der Waals surface area contributed by atoms with E-state index in [1.807, 2.05) is 37.4 Å². The van der Waals surface area contributed by atoms with E-state index in [0.717, 1.165) is 17.3 Å². The van der Waals surface area contributed by atoms with E-state index in [9.17, 15) is 0 Å². The Bertz CT molecular complexity index is 491. The Morgan fingerprint density at radius 3 is 2.50 bits per heavy atom. The van der Waals surface area contributed by atoms with Crippen molar-refractivity contribution in [1.82, 2.24) is 10.3 Å². The number of pyridine rings is 1. The molecule has 1 heterocycles. The third-order valence-electron chi connectivity index (χ3n) is 2.93. The summed E-state index contributed by atoms with van der Waals surface area (Å²) in [7, 11) is 0. The van der Waals surface area contributed by atoms with Gasteiger partial charge >= 0.3 is 0 Å². The summed E-state index contributed by atoms with van der Waals surface area (Å²) < 4.78 is 0. The SMILES string of the molecule is Cc1ccc(CN[C@@H](C)c2ccc(Cl)cc2)nc1. The minimum atomic E-state index is 0.283. The van der Waals surface area contributed by atoms with Crippen LogP contribution >= 0.6 is 11.6 Å². The van der Waals surface area contributed by atoms with Crippen molar-refractivity contribution >= 4 is 11.6 Å². The van der Waals surface area contributed by atoms with E-state index < -0.39 is 0 Å². The third-order valence-corrected chi connectivity index (χ3v) is 3.18. The van der Waals surface area contributed by atoms with Crippen LogP contribution in [0.4, 0.5) is 0 Å². The quantitative estimate of drug-likeness (QED) is 0.902. The van der Waals surface area contributed by atoms with E-state index in [1.54, 1.807) is 0 Å². The summed E-state index contributed by atoms with van der Waals surface area (Å²) in [5.41, 5.74) is 3.47. The van der Waals surface area contributed by atoms with Crippen molar-refractivity contribution in [3.05, 3.63) is 64.4 Å². The highest BCUT2D eigenvalue weighted by Gasteiger charge is 2.04. The molecule has 1 aromatic heterocycles. The maximum atomic E-state index is 5.87. The largest absolute Gasteiger partial charge is 0.305 e. The van der Waals surface area contributed by atoms with Crippen molar-refractivity contribution in [3.8, 4) is 0 Å². The van der Waals surface area contributed by atoms with Crippen molar-refractivity contribution in [2.24, 2.45) is 0 Å². The summed E-state index contributed by atoms with van der Waals surface area (Å²) in [5.74, 6) is 0. The lowest BCUT2D eigenvalue weighted by atomic mass is 10.1. The zero-order valence-electron chi connectivity index (χ0n) is 10.7. The molecule has 0 saturated heterocycles. The highest BCUT2D eigenvalue weighted by molar-refractivity contribution is 6.30. The van der Waals surface area contributed by atoms with Crippen molar-refractivity contribution in [2.75, 3.05) is 0 Å². The predicted molar refractivity (Wildman–Crippen MR) is 75.7 cm³/mol. The second kappa shape index (κ2) is 5.98. The summed E-state index contributed by atoms with van der Waals surface area (Å²) in [6.07, 6.45) is 1.89. The summed E-state index contributed by atoms with van der Waals surface area (Å²) in [4.78, 5) is 4.37. The van der Waals surface area contributed by atoms with Gasteiger partial charge in [0, 0.05) is 23.8 Å². The zero-order valence-corrected chi connectivity index (χ0v) is 11.4. The van der Waals surface area contributed by atoms with Crippen LogP contribution in [0.2, 0.25) is 5.02 Å². The van der Waals surface area contributed by atoms with Gasteiger partial charge in [0.1, 0.15) is 0 Å². The van der Waals surface area contributed by atoms with Crippen LogP contribution in [0.1, 0.15) is 29.8 Å². The molecular formula is C15H17ClN2. The molecule has 0 saturated carbocycles. The van der Waals surface area contributed by atoms with E-state index in [-0.39, 0.29) is 6.04 Å². The number of rotatable bonds is 4. The average Bonchev–Trinajstić information content (AvgIpc) is 2.38. The van der Waals surface area contributed by atoms with Gasteiger partial charge in [0.25, 0.3) is 0 Å². The van der Waals surface area contributed by atoms with Crippen LogP contribution in [0.15, 0.2) is 42.6 Å². The first-order valence-electron chi connectivity index (χ1n) is 6.05. The van der Waals surface area contributed by atoms with Gasteiger partial charge in [-0.15, -0.1) is 0 Å². The van der Waals surface area contributed by atoms with E-state index >= 15 is 0 Å². The molecule has 0 aliphatic carbocycles. The molecule has 1 aromatic carbocycles. The fourth-order valence-corrected chi connectivity index (χ4v) is 1.86. The average molecular weight is 261 g/mol. The number of benzene rings is 1. The number of hydrogen-bond donors (Lipinski definition) is 1. The number of aromatic nitrogens is 1. The number of halogens is 1. The van der Waals surface area contributed by atoms with Crippen molar-refractivity contribution in [3.63, 3.8) is 0 Å². The number of nitrogens with zero attached hydrogens (tertiary/aromatic N) is 1. The summed E-state index contributed by atoms with van der Waals surface area (Å²) >= 11 is 5.87. The minimum absolute atomic E-state index is 0.283. The molecule has 0 spiro atoms. The topological polar surface area (TPSA) is 24.9 Å². The molecular weight excluding hydrogens is 244 g/mol. The molecule has 1 atom stereocenters. The van der Waals surface area contributed by atoms with Crippen LogP contribution in [-0.4, -0.2) is 4.98 Å². The van der Waals surface area contributed by atoms with E-state index in [1.165, 1.54) is 11.1 Å². The Morgan fingerprint density at radius 2 is 1.89 bits per heavy atom. The third kappa shape index (κ3) is 3.56. The molecule has 0 aliphatic heterocycles. The molecule has 0 amide bonds. The highest BCUT2D eigenvalue weighted by atomic mass is 35.5. The molecule has 2 nitrogen and oxygen atoms in total. The van der Waals surface area contributed by atoms with Gasteiger partial charge in [-0.1, -0.05) is 29.8 Å². The number of nitrogens with one attached hydrogen (secondary N) is 1. The van der Waals surface area contributed by atoms with Crippen LogP contribution in [0.25, 0.3) is 0 Å². The first-order valence-corrected chi connectivity index (χ1v) is 6.43. The molecule has 0 bridgehead atoms. The molecule has 1 N–H and O–H groups in total. The molecule has 0 aliphatic rings. The van der Waals surface area contributed by atoms with Crippen molar-refractivity contribution < 1.29 is 0 Å². The van der Waals surface area contributed by atoms with E-state index in [0.29, 0.717) is 0 Å². The van der Waals surface area contributed by atoms with Gasteiger partial charge in [0.05, 0.1) is 5.69 Å². The number of aryl methyl sites for hydroxylation is 1. The standard InChI is InChI=1S/C15H17ClN2/c1-11-3-8-15(18-9-11)10-17-12(2)13-4-6-14(16)7-5-13/h3-9,12,17H,10H2,1-2H3/t12-/m0/s1. The Labute approximate surface area is 113 Å². The lowest BCUT2D eigenvalue weighted by Crippen LogP contribution is -2.18. The normalized spacial score (nSPS) is 12.4. The summed E-state index contributed by atoms with van der Waals surface area (Å²) in [6, 6.07) is 12.3. The Hall–Kier alpha value is -1.38. The lowest BCUT2D eigenvalue weighted by Gasteiger charge is -2.14. The monoisotopic (exact) mass is 260 g/mol. The molecule has 18 heavy (non-hydrogen) atoms. The molecule has 0 radical (unpaired) electrons. The second-order valence-electron chi connectivity index (χ2n) is 4.48. The van der Waals surface area contributed by atoms with Crippen molar-refractivity contribution in [1.29, 1.82) is 0 Å². The first kappa shape index (κ1) is 13.1. The lowest BCUT2D eigenvalue weighted by molar-refractivity contribution is 0.567. The van der Waals surface area contributed by atoms with Gasteiger partial charge in [0.2, 0.25) is 0 Å². The van der Waals surface area contributed by atoms with Crippen LogP contribution in [0, 0.1) is 6.92 Å². The molecule has 94 valence electrons.